The van der Waals surface area contributed by atoms with Crippen LogP contribution in [0.15, 0.2) is 29.1 Å². The Kier molecular flexibility index (Phi) is 2.85. The number of nitrogens with one attached hydrogen (secondary N) is 1. The maximum atomic E-state index is 11.7. The number of aromatic nitrogens is 2. The number of aromatic amines is 1. The van der Waals surface area contributed by atoms with Crippen LogP contribution in [0.5, 0.6) is 5.75 Å². The van der Waals surface area contributed by atoms with Crippen molar-refractivity contribution >= 4 is 0 Å². The second-order valence-corrected chi connectivity index (χ2v) is 4.97. The number of H-pyrrole nitrogens is 1. The van der Waals surface area contributed by atoms with Crippen molar-refractivity contribution in [2.75, 3.05) is 7.11 Å². The van der Waals surface area contributed by atoms with Gasteiger partial charge in [0.2, 0.25) is 0 Å². The molecule has 98 valence electrons. The summed E-state index contributed by atoms with van der Waals surface area (Å²) < 4.78 is 5.19. The lowest BCUT2D eigenvalue weighted by molar-refractivity contribution is 0.414. The van der Waals surface area contributed by atoms with E-state index >= 15 is 0 Å². The van der Waals surface area contributed by atoms with Crippen molar-refractivity contribution in [2.45, 2.75) is 25.7 Å². The SMILES string of the molecule is COc1ccc(-c2cc(=O)[nH]c(C3CC3)n2)c(C)c1. The molecule has 0 bridgehead atoms. The Morgan fingerprint density at radius 1 is 1.32 bits per heavy atom. The fourth-order valence-electron chi connectivity index (χ4n) is 2.22. The van der Waals surface area contributed by atoms with Crippen LogP contribution in [0.3, 0.4) is 0 Å². The monoisotopic (exact) mass is 256 g/mol. The zero-order valence-corrected chi connectivity index (χ0v) is 11.1. The van der Waals surface area contributed by atoms with Gasteiger partial charge in [0.15, 0.2) is 0 Å². The van der Waals surface area contributed by atoms with E-state index in [-0.39, 0.29) is 5.56 Å². The summed E-state index contributed by atoms with van der Waals surface area (Å²) in [5, 5.41) is 0. The second kappa shape index (κ2) is 4.53. The highest BCUT2D eigenvalue weighted by Gasteiger charge is 2.26. The van der Waals surface area contributed by atoms with Crippen LogP contribution in [0, 0.1) is 6.92 Å². The first kappa shape index (κ1) is 12.0. The average Bonchev–Trinajstić information content (AvgIpc) is 3.22. The summed E-state index contributed by atoms with van der Waals surface area (Å²) >= 11 is 0. The highest BCUT2D eigenvalue weighted by Crippen LogP contribution is 2.38. The molecule has 19 heavy (non-hydrogen) atoms. The molecule has 1 aromatic carbocycles. The van der Waals surface area contributed by atoms with Gasteiger partial charge in [0.1, 0.15) is 11.6 Å². The van der Waals surface area contributed by atoms with E-state index < -0.39 is 0 Å². The van der Waals surface area contributed by atoms with Crippen molar-refractivity contribution in [3.05, 3.63) is 46.0 Å². The van der Waals surface area contributed by atoms with Crippen molar-refractivity contribution in [1.29, 1.82) is 0 Å². The Hall–Kier alpha value is -2.10. The van der Waals surface area contributed by atoms with E-state index in [1.54, 1.807) is 13.2 Å². The zero-order chi connectivity index (χ0) is 13.4. The van der Waals surface area contributed by atoms with E-state index in [1.165, 1.54) is 0 Å². The van der Waals surface area contributed by atoms with Gasteiger partial charge in [-0.3, -0.25) is 4.79 Å². The molecule has 3 rings (SSSR count). The first-order chi connectivity index (χ1) is 9.17. The molecule has 0 radical (unpaired) electrons. The van der Waals surface area contributed by atoms with Gasteiger partial charge in [-0.25, -0.2) is 4.98 Å². The maximum Gasteiger partial charge on any atom is 0.251 e. The first-order valence-corrected chi connectivity index (χ1v) is 6.43. The molecule has 1 aromatic heterocycles. The molecule has 1 heterocycles. The van der Waals surface area contributed by atoms with Gasteiger partial charge in [-0.05, 0) is 43.5 Å². The molecule has 1 saturated carbocycles. The summed E-state index contributed by atoms with van der Waals surface area (Å²) in [5.41, 5.74) is 2.70. The molecule has 0 spiro atoms. The van der Waals surface area contributed by atoms with Gasteiger partial charge in [-0.1, -0.05) is 0 Å². The van der Waals surface area contributed by atoms with Crippen LogP contribution < -0.4 is 10.3 Å². The van der Waals surface area contributed by atoms with Crippen molar-refractivity contribution < 1.29 is 4.74 Å². The third-order valence-electron chi connectivity index (χ3n) is 3.43. The van der Waals surface area contributed by atoms with Gasteiger partial charge in [0.05, 0.1) is 12.8 Å². The number of benzene rings is 1. The van der Waals surface area contributed by atoms with Crippen LogP contribution in [0.25, 0.3) is 11.3 Å². The smallest absolute Gasteiger partial charge is 0.251 e. The molecule has 1 aliphatic rings. The first-order valence-electron chi connectivity index (χ1n) is 6.43. The molecule has 4 nitrogen and oxygen atoms in total. The molecule has 4 heteroatoms. The molecule has 1 N–H and O–H groups in total. The van der Waals surface area contributed by atoms with Crippen molar-refractivity contribution in [1.82, 2.24) is 9.97 Å². The summed E-state index contributed by atoms with van der Waals surface area (Å²) in [7, 11) is 1.64. The summed E-state index contributed by atoms with van der Waals surface area (Å²) in [6, 6.07) is 7.35. The minimum absolute atomic E-state index is 0.0814. The molecule has 0 unspecified atom stereocenters. The van der Waals surface area contributed by atoms with Crippen LogP contribution in [0.4, 0.5) is 0 Å². The Morgan fingerprint density at radius 2 is 2.11 bits per heavy atom. The molecule has 0 saturated heterocycles. The number of aryl methyl sites for hydroxylation is 1. The van der Waals surface area contributed by atoms with Crippen LogP contribution in [-0.4, -0.2) is 17.1 Å². The number of rotatable bonds is 3. The van der Waals surface area contributed by atoms with E-state index in [4.69, 9.17) is 4.74 Å². The predicted molar refractivity (Wildman–Crippen MR) is 73.6 cm³/mol. The van der Waals surface area contributed by atoms with E-state index in [0.29, 0.717) is 5.92 Å². The molecule has 1 aliphatic carbocycles. The van der Waals surface area contributed by atoms with Gasteiger partial charge in [-0.15, -0.1) is 0 Å². The van der Waals surface area contributed by atoms with E-state index in [1.807, 2.05) is 25.1 Å². The lowest BCUT2D eigenvalue weighted by Gasteiger charge is -2.08. The fraction of sp³-hybridized carbons (Fsp3) is 0.333. The summed E-state index contributed by atoms with van der Waals surface area (Å²) in [6.07, 6.45) is 2.24. The molecule has 2 aromatic rings. The van der Waals surface area contributed by atoms with Gasteiger partial charge >= 0.3 is 0 Å². The predicted octanol–water partition coefficient (Wildman–Crippen LogP) is 2.63. The highest BCUT2D eigenvalue weighted by atomic mass is 16.5. The molecule has 0 atom stereocenters. The summed E-state index contributed by atoms with van der Waals surface area (Å²) in [4.78, 5) is 19.1. The average molecular weight is 256 g/mol. The second-order valence-electron chi connectivity index (χ2n) is 4.97. The third-order valence-corrected chi connectivity index (χ3v) is 3.43. The van der Waals surface area contributed by atoms with E-state index in [2.05, 4.69) is 9.97 Å². The lowest BCUT2D eigenvalue weighted by atomic mass is 10.1. The van der Waals surface area contributed by atoms with Gasteiger partial charge in [-0.2, -0.15) is 0 Å². The number of nitrogens with zero attached hydrogens (tertiary/aromatic N) is 1. The molecule has 1 fully saturated rings. The fourth-order valence-corrected chi connectivity index (χ4v) is 2.22. The summed E-state index contributed by atoms with van der Waals surface area (Å²) in [5.74, 6) is 2.07. The lowest BCUT2D eigenvalue weighted by Crippen LogP contribution is -2.10. The third kappa shape index (κ3) is 2.38. The normalized spacial score (nSPS) is 14.4. The topological polar surface area (TPSA) is 55.0 Å². The van der Waals surface area contributed by atoms with Crippen molar-refractivity contribution in [3.8, 4) is 17.0 Å². The number of hydrogen-bond acceptors (Lipinski definition) is 3. The van der Waals surface area contributed by atoms with Crippen molar-refractivity contribution in [2.24, 2.45) is 0 Å². The van der Waals surface area contributed by atoms with Crippen LogP contribution >= 0.6 is 0 Å². The van der Waals surface area contributed by atoms with Crippen LogP contribution in [-0.2, 0) is 0 Å². The Bertz CT molecular complexity index is 672. The van der Waals surface area contributed by atoms with Crippen molar-refractivity contribution in [3.63, 3.8) is 0 Å². The Balaban J connectivity index is 2.08. The highest BCUT2D eigenvalue weighted by molar-refractivity contribution is 5.64. The molecule has 0 amide bonds. The quantitative estimate of drug-likeness (QED) is 0.918. The molecular formula is C15H16N2O2. The molecule has 0 aliphatic heterocycles. The zero-order valence-electron chi connectivity index (χ0n) is 11.1. The maximum absolute atomic E-state index is 11.7. The van der Waals surface area contributed by atoms with E-state index in [9.17, 15) is 4.79 Å². The standard InChI is InChI=1S/C15H16N2O2/c1-9-7-11(19-2)5-6-12(9)13-8-14(18)17-15(16-13)10-3-4-10/h5-8,10H,3-4H2,1-2H3,(H,16,17,18). The van der Waals surface area contributed by atoms with Gasteiger partial charge in [0, 0.05) is 17.5 Å². The van der Waals surface area contributed by atoms with Crippen LogP contribution in [0.1, 0.15) is 30.1 Å². The molecular weight excluding hydrogens is 240 g/mol. The largest absolute Gasteiger partial charge is 0.497 e. The number of hydrogen-bond donors (Lipinski definition) is 1. The number of methoxy groups -OCH3 is 1. The van der Waals surface area contributed by atoms with Gasteiger partial charge < -0.3 is 9.72 Å². The minimum atomic E-state index is -0.0814. The Morgan fingerprint density at radius 3 is 2.74 bits per heavy atom. The number of ether oxygens (including phenoxy) is 1. The van der Waals surface area contributed by atoms with Gasteiger partial charge in [0.25, 0.3) is 5.56 Å². The minimum Gasteiger partial charge on any atom is -0.497 e. The Labute approximate surface area is 111 Å². The van der Waals surface area contributed by atoms with Crippen LogP contribution in [0.2, 0.25) is 0 Å². The summed E-state index contributed by atoms with van der Waals surface area (Å²) in [6.45, 7) is 2.00. The van der Waals surface area contributed by atoms with E-state index in [0.717, 1.165) is 41.2 Å².